The molecule has 8 aromatic rings. The summed E-state index contributed by atoms with van der Waals surface area (Å²) < 4.78 is 18.1. The summed E-state index contributed by atoms with van der Waals surface area (Å²) in [6, 6.07) is 61.9. The fourth-order valence-corrected chi connectivity index (χ4v) is 13.0. The number of hydrogen-bond donors (Lipinski definition) is 0. The van der Waals surface area contributed by atoms with Crippen molar-refractivity contribution in [1.82, 2.24) is 19.6 Å². The smallest absolute Gasteiger partial charge is 0.118 e. The monoisotopic (exact) mass is 1360 g/mol. The van der Waals surface area contributed by atoms with E-state index in [0.717, 1.165) is 64.1 Å². The Morgan fingerprint density at radius 2 is 0.710 bits per heavy atom. The first-order valence-corrected chi connectivity index (χ1v) is 38.0. The van der Waals surface area contributed by atoms with Crippen LogP contribution in [-0.4, -0.2) is 132 Å². The molecule has 10 nitrogen and oxygen atoms in total. The van der Waals surface area contributed by atoms with Crippen molar-refractivity contribution in [3.63, 3.8) is 0 Å². The molecule has 1 aromatic heterocycles. The molecular formula is C90H129N7O3. The first kappa shape index (κ1) is 80.1. The average Bonchev–Trinajstić information content (AvgIpc) is 1.68. The van der Waals surface area contributed by atoms with Gasteiger partial charge in [-0.2, -0.15) is 5.10 Å². The van der Waals surface area contributed by atoms with E-state index in [1.807, 2.05) is 36.3 Å². The lowest BCUT2D eigenvalue weighted by atomic mass is 9.88. The highest BCUT2D eigenvalue weighted by Gasteiger charge is 2.34. The van der Waals surface area contributed by atoms with Crippen molar-refractivity contribution in [3.05, 3.63) is 232 Å². The van der Waals surface area contributed by atoms with Crippen LogP contribution in [-0.2, 0) is 16.5 Å². The van der Waals surface area contributed by atoms with Crippen LogP contribution in [0.4, 0.5) is 17.1 Å². The summed E-state index contributed by atoms with van der Waals surface area (Å²) in [5.74, 6) is 6.06. The predicted octanol–water partition coefficient (Wildman–Crippen LogP) is 21.2. The molecule has 0 radical (unpaired) electrons. The first-order chi connectivity index (χ1) is 47.9. The number of likely N-dealkylation sites (tertiary alicyclic amines) is 1. The molecule has 2 unspecified atom stereocenters. The summed E-state index contributed by atoms with van der Waals surface area (Å²) in [4.78, 5) is 12.2. The third-order valence-corrected chi connectivity index (χ3v) is 20.3. The normalized spacial score (nSPS) is 17.1. The van der Waals surface area contributed by atoms with E-state index in [4.69, 9.17) is 14.2 Å². The molecule has 0 amide bonds. The van der Waals surface area contributed by atoms with Crippen molar-refractivity contribution in [2.45, 2.75) is 189 Å². The lowest BCUT2D eigenvalue weighted by Crippen LogP contribution is -2.44. The number of piperidine rings is 1. The van der Waals surface area contributed by atoms with Crippen LogP contribution in [0.2, 0.25) is 0 Å². The number of nitrogens with zero attached hydrogens (tertiary/aromatic N) is 7. The van der Waals surface area contributed by atoms with Gasteiger partial charge in [0.2, 0.25) is 0 Å². The Labute approximate surface area is 607 Å². The van der Waals surface area contributed by atoms with Crippen molar-refractivity contribution in [2.75, 3.05) is 115 Å². The summed E-state index contributed by atoms with van der Waals surface area (Å²) in [6.45, 7) is 46.3. The summed E-state index contributed by atoms with van der Waals surface area (Å²) in [5.41, 5.74) is 19.2. The number of aryl methyl sites for hydroxylation is 2. The molecule has 542 valence electrons. The lowest BCUT2D eigenvalue weighted by molar-refractivity contribution is 0.0305. The standard InChI is InChI=1S/C15H21NO.C15H23N.C14H22N2.C13H16N2.C13H19NO.C10H14O.C10H14/c1-11(2)12-3-5-13(6-4-12)16-9-14-7-8-15(10-16)17-14;1-12(2)13-4-6-14(7-5-13)15-8-10-16(3)11-9-15;1-12(2)13-4-6-14(7-5-13)16-10-8-15(3)9-11-16;1-10(2)11-4-6-12(7-5-11)13-8-14-15(3)9-13;1-11(2)12-3-5-13(6-4-12)14-7-9-15-10-8-14;1-8(2)9-4-6-10(11-3)7-5-9;1-8(2)10-6-4-9(3)5-7-10/h3-6,11,14-15H,7-10H2,1-2H3;4-7,12,15H,8-11H2,1-3H3;4-7,12H,8-11H2,1-3H3;4-10H,1-3H3;3-6,11H,7-10H2,1-2H3;4-8H,1-3H3;4-8H,1-3H3. The minimum absolute atomic E-state index is 0.471. The molecule has 5 aliphatic heterocycles. The number of methoxy groups -OCH3 is 1. The number of fused-ring (bicyclic) bond motifs is 2. The third-order valence-electron chi connectivity index (χ3n) is 20.3. The summed E-state index contributed by atoms with van der Waals surface area (Å²) in [7, 11) is 8.04. The fraction of sp³-hybridized carbons (Fsp3) is 0.500. The zero-order valence-corrected chi connectivity index (χ0v) is 65.3. The van der Waals surface area contributed by atoms with E-state index in [-0.39, 0.29) is 0 Å². The summed E-state index contributed by atoms with van der Waals surface area (Å²) in [5, 5.41) is 4.17. The minimum atomic E-state index is 0.471. The Morgan fingerprint density at radius 3 is 1.08 bits per heavy atom. The molecule has 6 heterocycles. The fourth-order valence-electron chi connectivity index (χ4n) is 13.0. The van der Waals surface area contributed by atoms with Gasteiger partial charge in [0.15, 0.2) is 0 Å². The highest BCUT2D eigenvalue weighted by molar-refractivity contribution is 5.62. The summed E-state index contributed by atoms with van der Waals surface area (Å²) >= 11 is 0. The number of ether oxygens (including phenoxy) is 3. The molecule has 10 heteroatoms. The molecule has 13 rings (SSSR count). The topological polar surface area (TPSA) is 61.7 Å². The molecular weight excluding hydrogens is 1230 g/mol. The third kappa shape index (κ3) is 26.3. The second-order valence-electron chi connectivity index (χ2n) is 30.6. The maximum Gasteiger partial charge on any atom is 0.118 e. The number of morpholine rings is 2. The van der Waals surface area contributed by atoms with E-state index >= 15 is 0 Å². The Morgan fingerprint density at radius 1 is 0.370 bits per heavy atom. The highest BCUT2D eigenvalue weighted by Crippen LogP contribution is 2.32. The van der Waals surface area contributed by atoms with Crippen LogP contribution in [0.5, 0.6) is 5.75 Å². The number of aromatic nitrogens is 2. The van der Waals surface area contributed by atoms with Gasteiger partial charge in [-0.3, -0.25) is 4.68 Å². The van der Waals surface area contributed by atoms with Gasteiger partial charge in [0.25, 0.3) is 0 Å². The van der Waals surface area contributed by atoms with E-state index < -0.39 is 0 Å². The van der Waals surface area contributed by atoms with Crippen LogP contribution in [0.3, 0.4) is 0 Å². The number of likely N-dealkylation sites (N-methyl/N-ethyl adjacent to an activating group) is 1. The van der Waals surface area contributed by atoms with Crippen molar-refractivity contribution in [1.29, 1.82) is 0 Å². The molecule has 0 N–H and O–H groups in total. The maximum absolute atomic E-state index is 5.87. The molecule has 5 saturated heterocycles. The number of piperazine rings is 1. The zero-order valence-electron chi connectivity index (χ0n) is 65.3. The summed E-state index contributed by atoms with van der Waals surface area (Å²) in [6.07, 6.45) is 9.98. The van der Waals surface area contributed by atoms with E-state index in [1.54, 1.807) is 7.11 Å². The first-order valence-electron chi connectivity index (χ1n) is 38.0. The van der Waals surface area contributed by atoms with Crippen LogP contribution < -0.4 is 19.4 Å². The Balaban J connectivity index is 0.000000165. The number of rotatable bonds is 13. The van der Waals surface area contributed by atoms with Gasteiger partial charge in [0.1, 0.15) is 5.75 Å². The van der Waals surface area contributed by atoms with Gasteiger partial charge in [-0.15, -0.1) is 0 Å². The van der Waals surface area contributed by atoms with Crippen LogP contribution in [0.25, 0.3) is 11.1 Å². The number of hydrogen-bond acceptors (Lipinski definition) is 9. The van der Waals surface area contributed by atoms with Crippen LogP contribution in [0.1, 0.15) is 220 Å². The highest BCUT2D eigenvalue weighted by atomic mass is 16.5. The SMILES string of the molecule is CC(C)c1ccc(-c2cnn(C)c2)cc1.CC(C)c1ccc(C2CCN(C)CC2)cc1.CC(C)c1ccc(N2CC3CCC(C2)O3)cc1.CC(C)c1ccc(N2CCN(C)CC2)cc1.CC(C)c1ccc(N2CCOCC2)cc1.COc1ccc(C(C)C)cc1.Cc1ccc(C(C)C)cc1. The van der Waals surface area contributed by atoms with Gasteiger partial charge >= 0.3 is 0 Å². The molecule has 7 aromatic carbocycles. The number of anilines is 3. The lowest BCUT2D eigenvalue weighted by Gasteiger charge is -2.34. The second-order valence-corrected chi connectivity index (χ2v) is 30.6. The maximum atomic E-state index is 5.87. The molecule has 2 atom stereocenters. The van der Waals surface area contributed by atoms with Crippen molar-refractivity contribution >= 4 is 17.1 Å². The minimum Gasteiger partial charge on any atom is -0.497 e. The molecule has 0 saturated carbocycles. The van der Waals surface area contributed by atoms with Crippen molar-refractivity contribution < 1.29 is 14.2 Å². The molecule has 2 bridgehead atoms. The quantitative estimate of drug-likeness (QED) is 0.112. The Kier molecular flexibility index (Phi) is 32.9. The molecule has 5 fully saturated rings. The van der Waals surface area contributed by atoms with Crippen LogP contribution in [0, 0.1) is 6.92 Å². The van der Waals surface area contributed by atoms with Gasteiger partial charge in [-0.25, -0.2) is 0 Å². The average molecular weight is 1360 g/mol. The molecule has 0 spiro atoms. The Hall–Kier alpha value is -7.21. The van der Waals surface area contributed by atoms with Gasteiger partial charge < -0.3 is 38.7 Å². The van der Waals surface area contributed by atoms with Crippen molar-refractivity contribution in [2.24, 2.45) is 7.05 Å². The number of benzene rings is 7. The largest absolute Gasteiger partial charge is 0.497 e. The molecule has 5 aliphatic rings. The van der Waals surface area contributed by atoms with E-state index in [0.29, 0.717) is 53.6 Å². The molecule has 100 heavy (non-hydrogen) atoms. The van der Waals surface area contributed by atoms with E-state index in [2.05, 4.69) is 305 Å². The zero-order chi connectivity index (χ0) is 72.3. The van der Waals surface area contributed by atoms with Gasteiger partial charge in [0, 0.05) is 88.2 Å². The Bertz CT molecular complexity index is 3400. The van der Waals surface area contributed by atoms with Gasteiger partial charge in [-0.05, 0) is 206 Å². The van der Waals surface area contributed by atoms with E-state index in [9.17, 15) is 0 Å². The van der Waals surface area contributed by atoms with E-state index in [1.165, 1.54) is 130 Å². The van der Waals surface area contributed by atoms with Crippen molar-refractivity contribution in [3.8, 4) is 16.9 Å². The van der Waals surface area contributed by atoms with Gasteiger partial charge in [-0.1, -0.05) is 224 Å². The van der Waals surface area contributed by atoms with Gasteiger partial charge in [0.05, 0.1) is 38.7 Å². The second kappa shape index (κ2) is 41.0. The predicted molar refractivity (Wildman–Crippen MR) is 430 cm³/mol. The van der Waals surface area contributed by atoms with Crippen LogP contribution >= 0.6 is 0 Å². The molecule has 0 aliphatic carbocycles. The van der Waals surface area contributed by atoms with Crippen LogP contribution in [0.15, 0.2) is 182 Å².